The van der Waals surface area contributed by atoms with Gasteiger partial charge in [0, 0.05) is 23.7 Å². The maximum absolute atomic E-state index is 4.89. The summed E-state index contributed by atoms with van der Waals surface area (Å²) < 4.78 is 0. The molecule has 4 aliphatic rings. The average molecular weight is 441 g/mol. The fraction of sp³-hybridized carbons (Fsp3) is 0.821. The normalized spacial score (nSPS) is 29.6. The van der Waals surface area contributed by atoms with Crippen LogP contribution in [0.1, 0.15) is 107 Å². The van der Waals surface area contributed by atoms with Gasteiger partial charge in [-0.15, -0.1) is 0 Å². The highest BCUT2D eigenvalue weighted by Gasteiger charge is 2.40. The maximum Gasteiger partial charge on any atom is 0.129 e. The quantitative estimate of drug-likeness (QED) is 0.514. The Morgan fingerprint density at radius 2 is 1.34 bits per heavy atom. The van der Waals surface area contributed by atoms with Gasteiger partial charge in [0.05, 0.1) is 0 Å². The van der Waals surface area contributed by atoms with E-state index in [0.29, 0.717) is 5.41 Å². The van der Waals surface area contributed by atoms with E-state index >= 15 is 0 Å². The number of anilines is 1. The van der Waals surface area contributed by atoms with Crippen LogP contribution in [0.3, 0.4) is 0 Å². The van der Waals surface area contributed by atoms with E-state index in [9.17, 15) is 0 Å². The summed E-state index contributed by atoms with van der Waals surface area (Å²) in [6, 6.07) is 2.54. The number of hydrogen-bond acceptors (Lipinski definition) is 4. The lowest BCUT2D eigenvalue weighted by molar-refractivity contribution is 0.150. The zero-order valence-electron chi connectivity index (χ0n) is 20.6. The molecular formula is C28H48N4. The van der Waals surface area contributed by atoms with Gasteiger partial charge in [-0.1, -0.05) is 57.4 Å². The number of nitrogens with one attached hydrogen (secondary N) is 2. The highest BCUT2D eigenvalue weighted by atomic mass is 15.1. The van der Waals surface area contributed by atoms with Crippen molar-refractivity contribution in [2.45, 2.75) is 108 Å². The Morgan fingerprint density at radius 3 is 2.09 bits per heavy atom. The Morgan fingerprint density at radius 1 is 0.688 bits per heavy atom. The van der Waals surface area contributed by atoms with E-state index in [-0.39, 0.29) is 0 Å². The monoisotopic (exact) mass is 440 g/mol. The standard InChI is InChI=1S/C28H48N4/c1-2-4-6-8-10-17-29-18-11-12-20-32-21-15-28(16-22-32)14-19-30-27-26(28)23-25(24-31-27)13-9-7-5-3-1/h23-24,29H,1-22H2,(H,30,31). The second-order valence-electron chi connectivity index (χ2n) is 10.8. The summed E-state index contributed by atoms with van der Waals surface area (Å²) in [5.41, 5.74) is 3.38. The molecule has 0 aromatic carbocycles. The maximum atomic E-state index is 4.89. The molecule has 0 radical (unpaired) electrons. The molecule has 1 aromatic heterocycles. The van der Waals surface area contributed by atoms with E-state index < -0.39 is 0 Å². The Hall–Kier alpha value is -1.13. The van der Waals surface area contributed by atoms with Crippen molar-refractivity contribution in [1.82, 2.24) is 15.2 Å². The molecule has 5 rings (SSSR count). The highest BCUT2D eigenvalue weighted by Crippen LogP contribution is 2.44. The first-order valence-electron chi connectivity index (χ1n) is 14.0. The van der Waals surface area contributed by atoms with Crippen LogP contribution in [-0.2, 0) is 11.8 Å². The minimum absolute atomic E-state index is 0.370. The molecule has 4 aliphatic heterocycles. The fourth-order valence-electron chi connectivity index (χ4n) is 6.17. The first kappa shape index (κ1) is 24.0. The van der Waals surface area contributed by atoms with Crippen LogP contribution in [0.5, 0.6) is 0 Å². The number of fused-ring (bicyclic) bond motifs is 18. The molecule has 0 unspecified atom stereocenters. The molecule has 1 spiro atoms. The lowest BCUT2D eigenvalue weighted by atomic mass is 9.69. The Labute approximate surface area is 197 Å². The van der Waals surface area contributed by atoms with E-state index in [4.69, 9.17) is 4.98 Å². The van der Waals surface area contributed by atoms with E-state index in [0.717, 1.165) is 6.54 Å². The molecule has 1 fully saturated rings. The van der Waals surface area contributed by atoms with Crippen LogP contribution in [0.15, 0.2) is 12.3 Å². The molecule has 1 saturated heterocycles. The number of rotatable bonds is 0. The third-order valence-corrected chi connectivity index (χ3v) is 8.37. The average Bonchev–Trinajstić information content (AvgIpc) is 2.82. The van der Waals surface area contributed by atoms with Crippen molar-refractivity contribution in [3.05, 3.63) is 23.4 Å². The van der Waals surface area contributed by atoms with Gasteiger partial charge in [-0.2, -0.15) is 0 Å². The van der Waals surface area contributed by atoms with Gasteiger partial charge in [0.1, 0.15) is 5.82 Å². The van der Waals surface area contributed by atoms with Gasteiger partial charge >= 0.3 is 0 Å². The predicted molar refractivity (Wildman–Crippen MR) is 137 cm³/mol. The number of hydrogen-bond donors (Lipinski definition) is 2. The van der Waals surface area contributed by atoms with Crippen LogP contribution in [0.25, 0.3) is 0 Å². The Balaban J connectivity index is 1.34. The summed E-state index contributed by atoms with van der Waals surface area (Å²) in [7, 11) is 0. The van der Waals surface area contributed by atoms with Crippen LogP contribution in [0, 0.1) is 0 Å². The highest BCUT2D eigenvalue weighted by molar-refractivity contribution is 5.52. The molecule has 0 atom stereocenters. The van der Waals surface area contributed by atoms with Crippen LogP contribution < -0.4 is 10.6 Å². The molecule has 1 aromatic rings. The van der Waals surface area contributed by atoms with E-state index in [1.807, 2.05) is 0 Å². The molecule has 4 bridgehead atoms. The topological polar surface area (TPSA) is 40.2 Å². The zero-order chi connectivity index (χ0) is 21.9. The first-order chi connectivity index (χ1) is 15.9. The van der Waals surface area contributed by atoms with Crippen LogP contribution >= 0.6 is 0 Å². The predicted octanol–water partition coefficient (Wildman–Crippen LogP) is 6.06. The van der Waals surface area contributed by atoms with Gasteiger partial charge in [-0.05, 0) is 89.7 Å². The van der Waals surface area contributed by atoms with Gasteiger partial charge in [0.25, 0.3) is 0 Å². The third-order valence-electron chi connectivity index (χ3n) is 8.37. The summed E-state index contributed by atoms with van der Waals surface area (Å²) in [6.07, 6.45) is 24.0. The summed E-state index contributed by atoms with van der Waals surface area (Å²) in [5.74, 6) is 1.18. The minimum atomic E-state index is 0.370. The third kappa shape index (κ3) is 6.93. The van der Waals surface area contributed by atoms with Crippen molar-refractivity contribution < 1.29 is 0 Å². The molecule has 32 heavy (non-hydrogen) atoms. The van der Waals surface area contributed by atoms with Gasteiger partial charge in [-0.25, -0.2) is 4.98 Å². The molecule has 4 heteroatoms. The van der Waals surface area contributed by atoms with Gasteiger partial charge in [0.15, 0.2) is 0 Å². The first-order valence-corrected chi connectivity index (χ1v) is 14.0. The lowest BCUT2D eigenvalue weighted by Gasteiger charge is -2.45. The summed E-state index contributed by atoms with van der Waals surface area (Å²) in [6.45, 7) is 7.31. The van der Waals surface area contributed by atoms with Crippen LogP contribution in [0.4, 0.5) is 5.82 Å². The van der Waals surface area contributed by atoms with Crippen molar-refractivity contribution in [2.75, 3.05) is 44.6 Å². The Kier molecular flexibility index (Phi) is 9.71. The zero-order valence-corrected chi connectivity index (χ0v) is 20.6. The van der Waals surface area contributed by atoms with Gasteiger partial charge in [0.2, 0.25) is 0 Å². The van der Waals surface area contributed by atoms with E-state index in [1.54, 1.807) is 5.56 Å². The number of pyridine rings is 1. The summed E-state index contributed by atoms with van der Waals surface area (Å²) >= 11 is 0. The fourth-order valence-corrected chi connectivity index (χ4v) is 6.17. The van der Waals surface area contributed by atoms with E-state index in [2.05, 4.69) is 27.8 Å². The molecule has 4 nitrogen and oxygen atoms in total. The minimum Gasteiger partial charge on any atom is -0.370 e. The van der Waals surface area contributed by atoms with Crippen LogP contribution in [0.2, 0.25) is 0 Å². The SMILES string of the molecule is c1nc2c3cc1CCCCCCCCCCCCNCCCCN1CCC3(CCN2)CC1. The molecule has 2 N–H and O–H groups in total. The molecular weight excluding hydrogens is 392 g/mol. The van der Waals surface area contributed by atoms with Crippen molar-refractivity contribution >= 4 is 5.82 Å². The number of piperidine rings is 1. The second-order valence-corrected chi connectivity index (χ2v) is 10.8. The molecule has 0 aliphatic carbocycles. The molecule has 0 saturated carbocycles. The molecule has 0 amide bonds. The second kappa shape index (κ2) is 12.9. The smallest absolute Gasteiger partial charge is 0.129 e. The summed E-state index contributed by atoms with van der Waals surface area (Å²) in [4.78, 5) is 7.61. The number of nitrogens with zero attached hydrogens (tertiary/aromatic N) is 2. The van der Waals surface area contributed by atoms with Crippen LogP contribution in [-0.4, -0.2) is 49.2 Å². The molecule has 5 heterocycles. The van der Waals surface area contributed by atoms with Crippen molar-refractivity contribution in [3.63, 3.8) is 0 Å². The van der Waals surface area contributed by atoms with Gasteiger partial charge in [-0.3, -0.25) is 0 Å². The Bertz CT molecular complexity index is 665. The van der Waals surface area contributed by atoms with E-state index in [1.165, 1.54) is 147 Å². The van der Waals surface area contributed by atoms with Crippen molar-refractivity contribution in [3.8, 4) is 0 Å². The molecule has 180 valence electrons. The number of aryl methyl sites for hydroxylation is 1. The largest absolute Gasteiger partial charge is 0.370 e. The lowest BCUT2D eigenvalue weighted by Crippen LogP contribution is -2.46. The summed E-state index contributed by atoms with van der Waals surface area (Å²) in [5, 5.41) is 7.28. The van der Waals surface area contributed by atoms with Gasteiger partial charge < -0.3 is 15.5 Å². The number of aromatic nitrogens is 1. The van der Waals surface area contributed by atoms with Crippen molar-refractivity contribution in [1.29, 1.82) is 0 Å². The van der Waals surface area contributed by atoms with Crippen molar-refractivity contribution in [2.24, 2.45) is 0 Å².